The number of aromatic nitrogens is 3. The summed E-state index contributed by atoms with van der Waals surface area (Å²) in [4.78, 5) is 18.6. The minimum absolute atomic E-state index is 0.192. The van der Waals surface area contributed by atoms with Gasteiger partial charge in [0, 0.05) is 18.1 Å². The second-order valence-corrected chi connectivity index (χ2v) is 7.71. The van der Waals surface area contributed by atoms with E-state index in [0.717, 1.165) is 5.75 Å². The van der Waals surface area contributed by atoms with Crippen molar-refractivity contribution < 1.29 is 18.7 Å². The molecular formula is C21H19FN4O3S. The van der Waals surface area contributed by atoms with Gasteiger partial charge in [-0.1, -0.05) is 18.7 Å². The number of carbonyl (C=O) groups excluding carboxylic acids is 1. The number of ether oxygens (including phenoxy) is 2. The fraction of sp³-hybridized carbons (Fsp3) is 0.238. The number of fused-ring (bicyclic) bond motifs is 3. The number of nitrogens with zero attached hydrogens (tertiary/aromatic N) is 4. The number of thioether (sulfide) groups is 1. The van der Waals surface area contributed by atoms with Crippen LogP contribution in [0, 0.1) is 5.82 Å². The lowest BCUT2D eigenvalue weighted by Gasteiger charge is -2.30. The second kappa shape index (κ2) is 8.27. The van der Waals surface area contributed by atoms with Gasteiger partial charge >= 0.3 is 0 Å². The van der Waals surface area contributed by atoms with E-state index >= 15 is 0 Å². The van der Waals surface area contributed by atoms with Crippen molar-refractivity contribution in [3.8, 4) is 22.9 Å². The summed E-state index contributed by atoms with van der Waals surface area (Å²) in [7, 11) is 1.58. The summed E-state index contributed by atoms with van der Waals surface area (Å²) >= 11 is 1.41. The van der Waals surface area contributed by atoms with Crippen LogP contribution in [-0.4, -0.2) is 34.0 Å². The Balaban J connectivity index is 1.93. The average Bonchev–Trinajstić information content (AvgIpc) is 2.88. The van der Waals surface area contributed by atoms with Gasteiger partial charge < -0.3 is 9.47 Å². The molecule has 1 aliphatic rings. The third kappa shape index (κ3) is 3.68. The van der Waals surface area contributed by atoms with Crippen LogP contribution in [0.2, 0.25) is 0 Å². The van der Waals surface area contributed by atoms with Gasteiger partial charge in [-0.2, -0.15) is 4.98 Å². The van der Waals surface area contributed by atoms with Crippen LogP contribution in [0.3, 0.4) is 0 Å². The molecule has 0 aliphatic carbocycles. The maximum atomic E-state index is 14.1. The van der Waals surface area contributed by atoms with E-state index in [9.17, 15) is 9.18 Å². The van der Waals surface area contributed by atoms with Crippen molar-refractivity contribution in [1.82, 2.24) is 15.2 Å². The topological polar surface area (TPSA) is 77.4 Å². The minimum Gasteiger partial charge on any atom is -0.497 e. The van der Waals surface area contributed by atoms with Gasteiger partial charge in [-0.15, -0.1) is 10.2 Å². The van der Waals surface area contributed by atoms with Crippen molar-refractivity contribution in [3.05, 3.63) is 53.8 Å². The lowest BCUT2D eigenvalue weighted by molar-refractivity contribution is -0.118. The summed E-state index contributed by atoms with van der Waals surface area (Å²) in [5.41, 5.74) is 1.85. The van der Waals surface area contributed by atoms with Gasteiger partial charge in [-0.05, 0) is 48.2 Å². The van der Waals surface area contributed by atoms with Crippen LogP contribution in [0.1, 0.15) is 25.6 Å². The third-order valence-corrected chi connectivity index (χ3v) is 5.30. The molecule has 2 heterocycles. The molecule has 30 heavy (non-hydrogen) atoms. The van der Waals surface area contributed by atoms with E-state index in [4.69, 9.17) is 9.47 Å². The first-order valence-electron chi connectivity index (χ1n) is 9.29. The van der Waals surface area contributed by atoms with E-state index in [0.29, 0.717) is 27.7 Å². The highest BCUT2D eigenvalue weighted by Gasteiger charge is 2.35. The summed E-state index contributed by atoms with van der Waals surface area (Å²) in [6, 6.07) is 11.3. The molecule has 1 aliphatic heterocycles. The molecule has 0 bridgehead atoms. The van der Waals surface area contributed by atoms with Gasteiger partial charge in [0.2, 0.25) is 23.2 Å². The Labute approximate surface area is 177 Å². The molecule has 0 saturated heterocycles. The molecule has 1 amide bonds. The van der Waals surface area contributed by atoms with Crippen LogP contribution < -0.4 is 14.4 Å². The summed E-state index contributed by atoms with van der Waals surface area (Å²) < 4.78 is 25.6. The number of rotatable bonds is 4. The molecule has 7 nitrogen and oxygen atoms in total. The highest BCUT2D eigenvalue weighted by Crippen LogP contribution is 2.43. The first-order chi connectivity index (χ1) is 14.5. The molecule has 1 atom stereocenters. The number of anilines is 1. The second-order valence-electron chi connectivity index (χ2n) is 6.48. The van der Waals surface area contributed by atoms with E-state index in [-0.39, 0.29) is 17.5 Å². The molecule has 0 spiro atoms. The van der Waals surface area contributed by atoms with Crippen LogP contribution in [0.4, 0.5) is 10.1 Å². The highest BCUT2D eigenvalue weighted by molar-refractivity contribution is 7.99. The molecular weight excluding hydrogens is 407 g/mol. The monoisotopic (exact) mass is 426 g/mol. The molecule has 0 N–H and O–H groups in total. The van der Waals surface area contributed by atoms with Crippen molar-refractivity contribution in [1.29, 1.82) is 0 Å². The molecule has 0 unspecified atom stereocenters. The largest absolute Gasteiger partial charge is 0.497 e. The zero-order valence-corrected chi connectivity index (χ0v) is 17.4. The Morgan fingerprint density at radius 1 is 1.23 bits per heavy atom. The molecule has 0 fully saturated rings. The normalized spacial score (nSPS) is 14.9. The average molecular weight is 426 g/mol. The molecule has 0 saturated carbocycles. The van der Waals surface area contributed by atoms with Crippen LogP contribution in [0.5, 0.6) is 11.6 Å². The maximum Gasteiger partial charge on any atom is 0.247 e. The van der Waals surface area contributed by atoms with Crippen molar-refractivity contribution >= 4 is 23.4 Å². The van der Waals surface area contributed by atoms with Crippen LogP contribution in [0.15, 0.2) is 47.6 Å². The molecule has 0 radical (unpaired) electrons. The Hall–Kier alpha value is -3.20. The van der Waals surface area contributed by atoms with Crippen LogP contribution >= 0.6 is 11.8 Å². The number of amides is 1. The van der Waals surface area contributed by atoms with E-state index in [1.165, 1.54) is 41.8 Å². The predicted molar refractivity (Wildman–Crippen MR) is 111 cm³/mol. The predicted octanol–water partition coefficient (Wildman–Crippen LogP) is 4.24. The van der Waals surface area contributed by atoms with Crippen molar-refractivity contribution in [2.24, 2.45) is 0 Å². The third-order valence-electron chi connectivity index (χ3n) is 4.58. The maximum absolute atomic E-state index is 14.1. The molecule has 4 rings (SSSR count). The fourth-order valence-corrected chi connectivity index (χ4v) is 3.76. The first kappa shape index (κ1) is 20.1. The number of methoxy groups -OCH3 is 1. The zero-order chi connectivity index (χ0) is 21.3. The summed E-state index contributed by atoms with van der Waals surface area (Å²) in [5, 5.41) is 8.81. The number of carbonyl (C=O) groups is 1. The Bertz CT molecular complexity index is 1090. The van der Waals surface area contributed by atoms with Crippen LogP contribution in [-0.2, 0) is 4.79 Å². The van der Waals surface area contributed by atoms with Gasteiger partial charge in [0.25, 0.3) is 0 Å². The Morgan fingerprint density at radius 3 is 2.67 bits per heavy atom. The first-order valence-corrected chi connectivity index (χ1v) is 10.3. The van der Waals surface area contributed by atoms with Gasteiger partial charge in [-0.3, -0.25) is 9.69 Å². The molecule has 2 aromatic carbocycles. The van der Waals surface area contributed by atoms with Gasteiger partial charge in [-0.25, -0.2) is 4.39 Å². The highest BCUT2D eigenvalue weighted by atomic mass is 32.2. The lowest BCUT2D eigenvalue weighted by atomic mass is 10.1. The van der Waals surface area contributed by atoms with Crippen molar-refractivity contribution in [3.63, 3.8) is 0 Å². The van der Waals surface area contributed by atoms with E-state index < -0.39 is 12.0 Å². The molecule has 1 aromatic heterocycles. The van der Waals surface area contributed by atoms with Gasteiger partial charge in [0.1, 0.15) is 11.6 Å². The van der Waals surface area contributed by atoms with E-state index in [1.807, 2.05) is 19.1 Å². The van der Waals surface area contributed by atoms with Gasteiger partial charge in [0.15, 0.2) is 5.69 Å². The van der Waals surface area contributed by atoms with Crippen molar-refractivity contribution in [2.75, 3.05) is 17.8 Å². The number of hydrogen-bond acceptors (Lipinski definition) is 7. The Morgan fingerprint density at radius 2 is 2.00 bits per heavy atom. The fourth-order valence-electron chi connectivity index (χ4n) is 3.25. The quantitative estimate of drug-likeness (QED) is 0.578. The zero-order valence-electron chi connectivity index (χ0n) is 16.6. The Kier molecular flexibility index (Phi) is 5.54. The van der Waals surface area contributed by atoms with E-state index in [2.05, 4.69) is 15.2 Å². The summed E-state index contributed by atoms with van der Waals surface area (Å²) in [6.07, 6.45) is -0.824. The molecule has 9 heteroatoms. The SMILES string of the molecule is CCSc1nnc2c(n1)O[C@H](c1ccc(OC)cc1)N(C(C)=O)c1ccc(F)cc1-2. The lowest BCUT2D eigenvalue weighted by Crippen LogP contribution is -2.36. The van der Waals surface area contributed by atoms with E-state index in [1.54, 1.807) is 19.2 Å². The summed E-state index contributed by atoms with van der Waals surface area (Å²) in [6.45, 7) is 3.41. The van der Waals surface area contributed by atoms with Crippen molar-refractivity contribution in [2.45, 2.75) is 25.2 Å². The number of halogens is 1. The summed E-state index contributed by atoms with van der Waals surface area (Å²) in [5.74, 6) is 0.896. The number of hydrogen-bond donors (Lipinski definition) is 0. The molecule has 3 aromatic rings. The number of benzene rings is 2. The smallest absolute Gasteiger partial charge is 0.247 e. The molecule has 154 valence electrons. The van der Waals surface area contributed by atoms with Gasteiger partial charge in [0.05, 0.1) is 12.8 Å². The van der Waals surface area contributed by atoms with Crippen LogP contribution in [0.25, 0.3) is 11.3 Å². The minimum atomic E-state index is -0.824. The standard InChI is InChI=1S/C21H19FN4O3S/c1-4-30-21-23-19-18(24-25-21)16-11-14(22)7-10-17(16)26(12(2)27)20(29-19)13-5-8-15(28-3)9-6-13/h5-11,20H,4H2,1-3H3/t20-/m1/s1.